The maximum atomic E-state index is 13.0. The van der Waals surface area contributed by atoms with E-state index < -0.39 is 5.54 Å². The lowest BCUT2D eigenvalue weighted by molar-refractivity contribution is -0.125. The Morgan fingerprint density at radius 2 is 1.83 bits per heavy atom. The molecule has 3 rings (SSSR count). The van der Waals surface area contributed by atoms with Crippen LogP contribution in [-0.4, -0.2) is 23.1 Å². The van der Waals surface area contributed by atoms with E-state index in [1.165, 1.54) is 28.8 Å². The zero-order valence-electron chi connectivity index (χ0n) is 13.4. The number of amides is 2. The number of thioether (sulfide) groups is 1. The van der Waals surface area contributed by atoms with Crippen molar-refractivity contribution < 1.29 is 14.0 Å². The second kappa shape index (κ2) is 6.28. The van der Waals surface area contributed by atoms with Gasteiger partial charge in [-0.1, -0.05) is 12.1 Å². The highest BCUT2D eigenvalue weighted by Crippen LogP contribution is 2.37. The molecule has 1 aliphatic heterocycles. The predicted molar refractivity (Wildman–Crippen MR) is 93.8 cm³/mol. The van der Waals surface area contributed by atoms with E-state index in [9.17, 15) is 14.0 Å². The molecular weight excluding hydrogens is 327 g/mol. The summed E-state index contributed by atoms with van der Waals surface area (Å²) in [5, 5.41) is 2.83. The molecule has 0 saturated carbocycles. The average molecular weight is 344 g/mol. The first-order valence-corrected chi connectivity index (χ1v) is 8.50. The molecule has 1 aliphatic rings. The van der Waals surface area contributed by atoms with Gasteiger partial charge in [0.1, 0.15) is 11.4 Å². The third kappa shape index (κ3) is 3.01. The Bertz CT molecular complexity index is 790. The summed E-state index contributed by atoms with van der Waals surface area (Å²) < 4.78 is 13.0. The van der Waals surface area contributed by atoms with Crippen LogP contribution >= 0.6 is 11.8 Å². The van der Waals surface area contributed by atoms with Crippen LogP contribution in [0.3, 0.4) is 0 Å². The van der Waals surface area contributed by atoms with Crippen molar-refractivity contribution in [3.63, 3.8) is 0 Å². The van der Waals surface area contributed by atoms with Gasteiger partial charge in [0, 0.05) is 4.90 Å². The van der Waals surface area contributed by atoms with Crippen molar-refractivity contribution >= 4 is 35.0 Å². The van der Waals surface area contributed by atoms with Crippen LogP contribution in [0.1, 0.15) is 13.8 Å². The Labute approximate surface area is 144 Å². The number of anilines is 2. The number of benzene rings is 2. The highest BCUT2D eigenvalue weighted by molar-refractivity contribution is 8.00. The predicted octanol–water partition coefficient (Wildman–Crippen LogP) is 3.68. The molecule has 0 radical (unpaired) electrons. The maximum Gasteiger partial charge on any atom is 0.250 e. The molecule has 6 heteroatoms. The molecule has 0 unspecified atom stereocenters. The molecule has 0 fully saturated rings. The Kier molecular flexibility index (Phi) is 4.32. The van der Waals surface area contributed by atoms with Crippen molar-refractivity contribution in [3.8, 4) is 0 Å². The van der Waals surface area contributed by atoms with E-state index in [4.69, 9.17) is 0 Å². The summed E-state index contributed by atoms with van der Waals surface area (Å²) in [4.78, 5) is 27.5. The molecule has 2 aromatic rings. The lowest BCUT2D eigenvalue weighted by atomic mass is 9.96. The number of hydrogen-bond donors (Lipinski definition) is 1. The molecule has 4 nitrogen and oxygen atoms in total. The zero-order valence-corrected chi connectivity index (χ0v) is 14.2. The van der Waals surface area contributed by atoms with E-state index in [2.05, 4.69) is 5.32 Å². The van der Waals surface area contributed by atoms with Crippen LogP contribution in [0.2, 0.25) is 0 Å². The summed E-state index contributed by atoms with van der Waals surface area (Å²) in [6.07, 6.45) is 0. The number of para-hydroxylation sites is 2. The molecule has 2 aromatic carbocycles. The van der Waals surface area contributed by atoms with Gasteiger partial charge in [-0.05, 0) is 50.2 Å². The maximum absolute atomic E-state index is 13.0. The van der Waals surface area contributed by atoms with Gasteiger partial charge in [0.25, 0.3) is 0 Å². The van der Waals surface area contributed by atoms with E-state index in [0.717, 1.165) is 4.90 Å². The quantitative estimate of drug-likeness (QED) is 0.864. The lowest BCUT2D eigenvalue weighted by Gasteiger charge is -2.42. The number of rotatable bonds is 3. The van der Waals surface area contributed by atoms with Gasteiger partial charge in [0.2, 0.25) is 11.8 Å². The summed E-state index contributed by atoms with van der Waals surface area (Å²) in [6.45, 7) is 3.44. The average Bonchev–Trinajstić information content (AvgIpc) is 2.55. The highest BCUT2D eigenvalue weighted by atomic mass is 32.2. The van der Waals surface area contributed by atoms with Gasteiger partial charge in [0.05, 0.1) is 17.1 Å². The molecular formula is C18H17FN2O2S. The van der Waals surface area contributed by atoms with Gasteiger partial charge in [-0.25, -0.2) is 4.39 Å². The van der Waals surface area contributed by atoms with Crippen LogP contribution in [0, 0.1) is 5.82 Å². The number of fused-ring (bicyclic) bond motifs is 1. The normalized spacial score (nSPS) is 15.6. The standard InChI is InChI=1S/C18H17FN2O2S/c1-18(2)17(23)20-14-5-3-4-6-15(14)21(18)16(22)11-24-13-9-7-12(19)8-10-13/h3-10H,11H2,1-2H3,(H,20,23). The van der Waals surface area contributed by atoms with Crippen LogP contribution < -0.4 is 10.2 Å². The fourth-order valence-corrected chi connectivity index (χ4v) is 3.39. The van der Waals surface area contributed by atoms with Gasteiger partial charge in [-0.15, -0.1) is 11.8 Å². The minimum absolute atomic E-state index is 0.163. The molecule has 0 atom stereocenters. The number of halogens is 1. The van der Waals surface area contributed by atoms with Crippen LogP contribution in [0.15, 0.2) is 53.4 Å². The van der Waals surface area contributed by atoms with Crippen LogP contribution in [-0.2, 0) is 9.59 Å². The van der Waals surface area contributed by atoms with Crippen molar-refractivity contribution in [3.05, 3.63) is 54.3 Å². The van der Waals surface area contributed by atoms with Crippen molar-refractivity contribution in [2.45, 2.75) is 24.3 Å². The van der Waals surface area contributed by atoms with E-state index in [1.54, 1.807) is 32.0 Å². The fraction of sp³-hybridized carbons (Fsp3) is 0.222. The molecule has 124 valence electrons. The fourth-order valence-electron chi connectivity index (χ4n) is 2.64. The second-order valence-electron chi connectivity index (χ2n) is 6.00. The van der Waals surface area contributed by atoms with Gasteiger partial charge in [-0.2, -0.15) is 0 Å². The van der Waals surface area contributed by atoms with Crippen LogP contribution in [0.25, 0.3) is 0 Å². The number of nitrogens with one attached hydrogen (secondary N) is 1. The zero-order chi connectivity index (χ0) is 17.3. The lowest BCUT2D eigenvalue weighted by Crippen LogP contribution is -2.58. The molecule has 24 heavy (non-hydrogen) atoms. The van der Waals surface area contributed by atoms with E-state index in [0.29, 0.717) is 11.4 Å². The molecule has 2 amide bonds. The molecule has 0 spiro atoms. The van der Waals surface area contributed by atoms with Crippen molar-refractivity contribution in [1.82, 2.24) is 0 Å². The summed E-state index contributed by atoms with van der Waals surface area (Å²) in [5.41, 5.74) is 0.336. The van der Waals surface area contributed by atoms with Gasteiger partial charge < -0.3 is 5.32 Å². The van der Waals surface area contributed by atoms with Gasteiger partial charge >= 0.3 is 0 Å². The molecule has 0 aromatic heterocycles. The Balaban J connectivity index is 1.84. The smallest absolute Gasteiger partial charge is 0.250 e. The number of nitrogens with zero attached hydrogens (tertiary/aromatic N) is 1. The highest BCUT2D eigenvalue weighted by Gasteiger charge is 2.43. The van der Waals surface area contributed by atoms with Crippen molar-refractivity contribution in [1.29, 1.82) is 0 Å². The first-order valence-electron chi connectivity index (χ1n) is 7.51. The minimum Gasteiger partial charge on any atom is -0.322 e. The minimum atomic E-state index is -0.977. The monoisotopic (exact) mass is 344 g/mol. The number of carbonyl (C=O) groups is 2. The third-order valence-corrected chi connectivity index (χ3v) is 4.93. The first-order chi connectivity index (χ1) is 11.4. The van der Waals surface area contributed by atoms with Crippen LogP contribution in [0.5, 0.6) is 0 Å². The molecule has 1 N–H and O–H groups in total. The second-order valence-corrected chi connectivity index (χ2v) is 7.05. The SMILES string of the molecule is CC1(C)C(=O)Nc2ccccc2N1C(=O)CSc1ccc(F)cc1. The Morgan fingerprint density at radius 1 is 1.17 bits per heavy atom. The molecule has 1 heterocycles. The van der Waals surface area contributed by atoms with Crippen molar-refractivity contribution in [2.75, 3.05) is 16.0 Å². The summed E-state index contributed by atoms with van der Waals surface area (Å²) in [7, 11) is 0. The number of carbonyl (C=O) groups excluding carboxylic acids is 2. The van der Waals surface area contributed by atoms with E-state index >= 15 is 0 Å². The van der Waals surface area contributed by atoms with Gasteiger partial charge in [0.15, 0.2) is 0 Å². The Morgan fingerprint density at radius 3 is 2.54 bits per heavy atom. The largest absolute Gasteiger partial charge is 0.322 e. The Hall–Kier alpha value is -2.34. The van der Waals surface area contributed by atoms with Gasteiger partial charge in [-0.3, -0.25) is 14.5 Å². The third-order valence-electron chi connectivity index (χ3n) is 3.93. The summed E-state index contributed by atoms with van der Waals surface area (Å²) in [6, 6.07) is 13.2. The van der Waals surface area contributed by atoms with Crippen molar-refractivity contribution in [2.24, 2.45) is 0 Å². The molecule has 0 saturated heterocycles. The van der Waals surface area contributed by atoms with E-state index in [1.807, 2.05) is 18.2 Å². The summed E-state index contributed by atoms with van der Waals surface area (Å²) in [5.74, 6) is -0.539. The number of hydrogen-bond acceptors (Lipinski definition) is 3. The first kappa shape index (κ1) is 16.5. The topological polar surface area (TPSA) is 49.4 Å². The van der Waals surface area contributed by atoms with Crippen LogP contribution in [0.4, 0.5) is 15.8 Å². The molecule has 0 aliphatic carbocycles. The molecule has 0 bridgehead atoms. The van der Waals surface area contributed by atoms with E-state index in [-0.39, 0.29) is 23.4 Å². The summed E-state index contributed by atoms with van der Waals surface area (Å²) >= 11 is 1.32.